The second-order valence-corrected chi connectivity index (χ2v) is 4.00. The molecule has 0 aromatic rings. The van der Waals surface area contributed by atoms with Crippen LogP contribution >= 0.6 is 0 Å². The van der Waals surface area contributed by atoms with Gasteiger partial charge in [-0.1, -0.05) is 6.42 Å². The van der Waals surface area contributed by atoms with Gasteiger partial charge in [0.25, 0.3) is 0 Å². The van der Waals surface area contributed by atoms with Gasteiger partial charge in [-0.05, 0) is 0 Å². The summed E-state index contributed by atoms with van der Waals surface area (Å²) in [5, 5.41) is -6.41. The molecule has 46 valence electrons. The van der Waals surface area contributed by atoms with Crippen LogP contribution in [0.1, 0.15) is 6.42 Å². The molecule has 1 aliphatic rings. The smallest absolute Gasteiger partial charge is 0.0607 e. The molecule has 0 unspecified atom stereocenters. The quantitative estimate of drug-likeness (QED) is 0.356. The maximum Gasteiger partial charge on any atom is 0.0607 e. The minimum atomic E-state index is -1.72. The van der Waals surface area contributed by atoms with Crippen molar-refractivity contribution in [2.75, 3.05) is 0 Å². The fourth-order valence-corrected chi connectivity index (χ4v) is 1.55. The normalized spacial score (nSPS) is 32.6. The molecular formula is C5H2B8. The predicted molar refractivity (Wildman–Crippen MR) is 61.4 cm³/mol. The lowest BCUT2D eigenvalue weighted by Crippen LogP contribution is -2.39. The Labute approximate surface area is 90.4 Å². The monoisotopic (exact) mass is 150 g/mol. The van der Waals surface area contributed by atoms with Gasteiger partial charge in [-0.3, -0.25) is 0 Å². The highest BCUT2D eigenvalue weighted by atomic mass is 14.5. The van der Waals surface area contributed by atoms with Crippen molar-refractivity contribution in [1.82, 2.24) is 0 Å². The number of rotatable bonds is 0. The minimum absolute atomic E-state index is 0.0556. The van der Waals surface area contributed by atoms with Crippen molar-refractivity contribution in [2.45, 2.75) is 27.3 Å². The van der Waals surface area contributed by atoms with Crippen LogP contribution in [0.25, 0.3) is 0 Å². The van der Waals surface area contributed by atoms with Crippen molar-refractivity contribution in [1.29, 1.82) is 0 Å². The SMILES string of the molecule is [B]C1([B])CC([B])([B])C([B])([B])C1([B])[B]. The molecule has 0 nitrogen and oxygen atoms in total. The Morgan fingerprint density at radius 1 is 0.538 bits per heavy atom. The zero-order chi connectivity index (χ0) is 10.7. The van der Waals surface area contributed by atoms with E-state index < -0.39 is 20.9 Å². The van der Waals surface area contributed by atoms with Gasteiger partial charge < -0.3 is 0 Å². The summed E-state index contributed by atoms with van der Waals surface area (Å²) in [4.78, 5) is 0. The van der Waals surface area contributed by atoms with E-state index in [1.165, 1.54) is 0 Å². The van der Waals surface area contributed by atoms with E-state index in [0.717, 1.165) is 0 Å². The lowest BCUT2D eigenvalue weighted by Gasteiger charge is -2.51. The molecule has 0 aliphatic heterocycles. The molecule has 16 radical (unpaired) electrons. The average Bonchev–Trinajstić information content (AvgIpc) is 1.88. The van der Waals surface area contributed by atoms with E-state index in [0.29, 0.717) is 0 Å². The van der Waals surface area contributed by atoms with Crippen LogP contribution in [0.4, 0.5) is 0 Å². The molecule has 1 rings (SSSR count). The van der Waals surface area contributed by atoms with Gasteiger partial charge in [0, 0.05) is 0 Å². The first-order valence-electron chi connectivity index (χ1n) is 3.77. The Morgan fingerprint density at radius 2 is 0.769 bits per heavy atom. The Hall–Kier alpha value is 0.519. The molecule has 0 saturated heterocycles. The van der Waals surface area contributed by atoms with Gasteiger partial charge in [0.05, 0.1) is 62.8 Å². The minimum Gasteiger partial charge on any atom is -0.118 e. The summed E-state index contributed by atoms with van der Waals surface area (Å²) in [7, 11) is 45.0. The van der Waals surface area contributed by atoms with Crippen LogP contribution in [0.2, 0.25) is 20.9 Å². The van der Waals surface area contributed by atoms with E-state index in [2.05, 4.69) is 0 Å². The highest BCUT2D eigenvalue weighted by molar-refractivity contribution is 6.67. The molecule has 8 heteroatoms. The fourth-order valence-electron chi connectivity index (χ4n) is 1.55. The maximum atomic E-state index is 5.63. The molecule has 1 saturated carbocycles. The standard InChI is InChI=1S/C5H2B8/c6-2(7)1-3(8,9)5(12,13)4(2,10)11/h1H2. The molecule has 0 N–H and O–H groups in total. The molecule has 0 aromatic heterocycles. The van der Waals surface area contributed by atoms with E-state index in [9.17, 15) is 0 Å². The van der Waals surface area contributed by atoms with Crippen molar-refractivity contribution >= 4 is 62.8 Å². The van der Waals surface area contributed by atoms with Gasteiger partial charge >= 0.3 is 0 Å². The van der Waals surface area contributed by atoms with Crippen LogP contribution in [-0.2, 0) is 0 Å². The molecule has 0 atom stereocenters. The van der Waals surface area contributed by atoms with E-state index in [4.69, 9.17) is 62.8 Å². The van der Waals surface area contributed by atoms with E-state index >= 15 is 0 Å². The summed E-state index contributed by atoms with van der Waals surface area (Å²) in [5.41, 5.74) is 0. The third kappa shape index (κ3) is 1.23. The Morgan fingerprint density at radius 3 is 0.846 bits per heavy atom. The molecule has 0 amide bonds. The summed E-state index contributed by atoms with van der Waals surface area (Å²) in [6.45, 7) is 0. The lowest BCUT2D eigenvalue weighted by molar-refractivity contribution is 0.682. The molecule has 0 heterocycles. The van der Waals surface area contributed by atoms with Crippen molar-refractivity contribution < 1.29 is 0 Å². The second-order valence-electron chi connectivity index (χ2n) is 4.00. The Kier molecular flexibility index (Phi) is 2.27. The first-order valence-corrected chi connectivity index (χ1v) is 3.77. The maximum absolute atomic E-state index is 5.63. The first kappa shape index (κ1) is 11.6. The summed E-state index contributed by atoms with van der Waals surface area (Å²) >= 11 is 0. The highest BCUT2D eigenvalue weighted by Crippen LogP contribution is 2.75. The van der Waals surface area contributed by atoms with Gasteiger partial charge in [0.1, 0.15) is 0 Å². The Bertz CT molecular complexity index is 205. The molecule has 13 heavy (non-hydrogen) atoms. The summed E-state index contributed by atoms with van der Waals surface area (Å²) in [6.07, 6.45) is -0.0556. The zero-order valence-corrected chi connectivity index (χ0v) is 7.33. The van der Waals surface area contributed by atoms with Gasteiger partial charge in [-0.15, -0.1) is 20.9 Å². The van der Waals surface area contributed by atoms with Gasteiger partial charge in [0.2, 0.25) is 0 Å². The summed E-state index contributed by atoms with van der Waals surface area (Å²) in [5.74, 6) is 0. The molecular weight excluding hydrogens is 147 g/mol. The molecule has 0 spiro atoms. The molecule has 0 bridgehead atoms. The van der Waals surface area contributed by atoms with Crippen LogP contribution in [0.15, 0.2) is 0 Å². The van der Waals surface area contributed by atoms with Crippen molar-refractivity contribution in [3.63, 3.8) is 0 Å². The topological polar surface area (TPSA) is 0 Å². The zero-order valence-electron chi connectivity index (χ0n) is 7.33. The van der Waals surface area contributed by atoms with Gasteiger partial charge in [-0.2, -0.15) is 0 Å². The fraction of sp³-hybridized carbons (Fsp3) is 1.00. The molecule has 1 aliphatic carbocycles. The third-order valence-electron chi connectivity index (χ3n) is 2.81. The largest absolute Gasteiger partial charge is 0.118 e. The second kappa shape index (κ2) is 2.55. The van der Waals surface area contributed by atoms with Crippen molar-refractivity contribution in [2.24, 2.45) is 0 Å². The first-order chi connectivity index (χ1) is 5.46. The Balaban J connectivity index is 3.24. The van der Waals surface area contributed by atoms with Gasteiger partial charge in [0.15, 0.2) is 0 Å². The number of hydrogen-bond donors (Lipinski definition) is 0. The van der Waals surface area contributed by atoms with Crippen LogP contribution in [0.5, 0.6) is 0 Å². The summed E-state index contributed by atoms with van der Waals surface area (Å²) in [6, 6.07) is 0. The third-order valence-corrected chi connectivity index (χ3v) is 2.81. The lowest BCUT2D eigenvalue weighted by atomic mass is 9.17. The van der Waals surface area contributed by atoms with Crippen molar-refractivity contribution in [3.8, 4) is 0 Å². The van der Waals surface area contributed by atoms with E-state index in [1.54, 1.807) is 0 Å². The highest BCUT2D eigenvalue weighted by Gasteiger charge is 2.58. The van der Waals surface area contributed by atoms with Crippen LogP contribution in [-0.4, -0.2) is 62.8 Å². The average molecular weight is 149 g/mol. The summed E-state index contributed by atoms with van der Waals surface area (Å²) < 4.78 is 0. The molecule has 0 aromatic carbocycles. The predicted octanol–water partition coefficient (Wildman–Crippen LogP) is -1.80. The van der Waals surface area contributed by atoms with Crippen LogP contribution < -0.4 is 0 Å². The van der Waals surface area contributed by atoms with E-state index in [1.807, 2.05) is 0 Å². The van der Waals surface area contributed by atoms with Gasteiger partial charge in [-0.25, -0.2) is 0 Å². The van der Waals surface area contributed by atoms with Crippen LogP contribution in [0, 0.1) is 0 Å². The number of hydrogen-bond acceptors (Lipinski definition) is 0. The molecule has 1 fully saturated rings. The van der Waals surface area contributed by atoms with E-state index in [-0.39, 0.29) is 6.42 Å². The van der Waals surface area contributed by atoms with Crippen molar-refractivity contribution in [3.05, 3.63) is 0 Å². The van der Waals surface area contributed by atoms with Crippen LogP contribution in [0.3, 0.4) is 0 Å².